The Balaban J connectivity index is 2.35. The van der Waals surface area contributed by atoms with Gasteiger partial charge in [0.2, 0.25) is 0 Å². The summed E-state index contributed by atoms with van der Waals surface area (Å²) in [6, 6.07) is 5.57. The Morgan fingerprint density at radius 3 is 2.59 bits per heavy atom. The molecule has 1 fully saturated rings. The van der Waals surface area contributed by atoms with Crippen LogP contribution < -0.4 is 10.2 Å². The molecule has 2 nitrogen and oxygen atoms in total. The number of benzene rings is 1. The fourth-order valence-corrected chi connectivity index (χ4v) is 2.49. The highest BCUT2D eigenvalue weighted by Gasteiger charge is 2.20. The summed E-state index contributed by atoms with van der Waals surface area (Å²) in [7, 11) is 1.91. The zero-order chi connectivity index (χ0) is 12.3. The normalized spacial score (nSPS) is 18.2. The van der Waals surface area contributed by atoms with Crippen LogP contribution in [-0.4, -0.2) is 20.1 Å². The van der Waals surface area contributed by atoms with Gasteiger partial charge in [-0.15, -0.1) is 0 Å². The molecule has 1 N–H and O–H groups in total. The minimum atomic E-state index is -0.0912. The third-order valence-electron chi connectivity index (χ3n) is 3.59. The number of piperidine rings is 1. The van der Waals surface area contributed by atoms with Crippen LogP contribution in [0.5, 0.6) is 0 Å². The molecule has 1 unspecified atom stereocenters. The Bertz CT molecular complexity index is 372. The zero-order valence-electron chi connectivity index (χ0n) is 10.7. The summed E-state index contributed by atoms with van der Waals surface area (Å²) in [5.41, 5.74) is 1.86. The van der Waals surface area contributed by atoms with Gasteiger partial charge in [-0.2, -0.15) is 0 Å². The van der Waals surface area contributed by atoms with E-state index in [1.807, 2.05) is 13.1 Å². The summed E-state index contributed by atoms with van der Waals surface area (Å²) < 4.78 is 14.1. The lowest BCUT2D eigenvalue weighted by molar-refractivity contribution is 0.547. The number of nitrogens with zero attached hydrogens (tertiary/aromatic N) is 1. The molecule has 0 amide bonds. The maximum atomic E-state index is 14.1. The second-order valence-electron chi connectivity index (χ2n) is 4.74. The van der Waals surface area contributed by atoms with E-state index >= 15 is 0 Å². The fraction of sp³-hybridized carbons (Fsp3) is 0.571. The van der Waals surface area contributed by atoms with Gasteiger partial charge in [-0.1, -0.05) is 12.1 Å². The fourth-order valence-electron chi connectivity index (χ4n) is 2.49. The van der Waals surface area contributed by atoms with Crippen molar-refractivity contribution >= 4 is 5.69 Å². The van der Waals surface area contributed by atoms with Crippen LogP contribution in [-0.2, 0) is 0 Å². The standard InChI is InChI=1S/C14H21FN2/c1-11(16-2)12-7-6-8-13(15)14(12)17-9-4-3-5-10-17/h6-8,11,16H,3-5,9-10H2,1-2H3. The van der Waals surface area contributed by atoms with Crippen molar-refractivity contribution in [3.05, 3.63) is 29.6 Å². The highest BCUT2D eigenvalue weighted by molar-refractivity contribution is 5.56. The van der Waals surface area contributed by atoms with Crippen LogP contribution in [0.15, 0.2) is 18.2 Å². The first-order valence-electron chi connectivity index (χ1n) is 6.44. The highest BCUT2D eigenvalue weighted by Crippen LogP contribution is 2.31. The Labute approximate surface area is 103 Å². The second-order valence-corrected chi connectivity index (χ2v) is 4.74. The second kappa shape index (κ2) is 5.50. The lowest BCUT2D eigenvalue weighted by atomic mass is 10.0. The number of anilines is 1. The highest BCUT2D eigenvalue weighted by atomic mass is 19.1. The molecule has 1 saturated heterocycles. The van der Waals surface area contributed by atoms with Gasteiger partial charge in [0.05, 0.1) is 5.69 Å². The van der Waals surface area contributed by atoms with Gasteiger partial charge < -0.3 is 10.2 Å². The summed E-state index contributed by atoms with van der Waals surface area (Å²) in [4.78, 5) is 2.20. The maximum absolute atomic E-state index is 14.1. The van der Waals surface area contributed by atoms with E-state index in [1.54, 1.807) is 12.1 Å². The molecular weight excluding hydrogens is 215 g/mol. The van der Waals surface area contributed by atoms with Gasteiger partial charge in [0, 0.05) is 19.1 Å². The molecule has 0 saturated carbocycles. The zero-order valence-corrected chi connectivity index (χ0v) is 10.7. The predicted molar refractivity (Wildman–Crippen MR) is 69.9 cm³/mol. The molecule has 0 aromatic heterocycles. The van der Waals surface area contributed by atoms with Gasteiger partial charge in [-0.25, -0.2) is 4.39 Å². The van der Waals surface area contributed by atoms with E-state index in [-0.39, 0.29) is 11.9 Å². The molecule has 1 aromatic rings. The third kappa shape index (κ3) is 2.60. The Morgan fingerprint density at radius 1 is 1.24 bits per heavy atom. The smallest absolute Gasteiger partial charge is 0.146 e. The number of rotatable bonds is 3. The molecule has 94 valence electrons. The molecule has 1 heterocycles. The molecule has 0 radical (unpaired) electrons. The van der Waals surface area contributed by atoms with Crippen LogP contribution in [0.3, 0.4) is 0 Å². The van der Waals surface area contributed by atoms with E-state index in [2.05, 4.69) is 17.1 Å². The predicted octanol–water partition coefficient (Wildman–Crippen LogP) is 3.10. The van der Waals surface area contributed by atoms with Gasteiger partial charge in [0.15, 0.2) is 0 Å². The quantitative estimate of drug-likeness (QED) is 0.867. The average molecular weight is 236 g/mol. The van der Waals surface area contributed by atoms with Crippen LogP contribution in [0.25, 0.3) is 0 Å². The maximum Gasteiger partial charge on any atom is 0.146 e. The lowest BCUT2D eigenvalue weighted by Crippen LogP contribution is -2.32. The number of halogens is 1. The van der Waals surface area contributed by atoms with Crippen LogP contribution >= 0.6 is 0 Å². The van der Waals surface area contributed by atoms with E-state index in [1.165, 1.54) is 19.3 Å². The molecule has 1 aliphatic heterocycles. The van der Waals surface area contributed by atoms with E-state index < -0.39 is 0 Å². The first-order valence-corrected chi connectivity index (χ1v) is 6.44. The minimum absolute atomic E-state index is 0.0912. The number of para-hydroxylation sites is 1. The van der Waals surface area contributed by atoms with Crippen molar-refractivity contribution in [1.82, 2.24) is 5.32 Å². The van der Waals surface area contributed by atoms with Crippen LogP contribution in [0, 0.1) is 5.82 Å². The molecule has 1 atom stereocenters. The lowest BCUT2D eigenvalue weighted by Gasteiger charge is -2.32. The number of nitrogens with one attached hydrogen (secondary N) is 1. The van der Waals surface area contributed by atoms with Crippen LogP contribution in [0.2, 0.25) is 0 Å². The Morgan fingerprint density at radius 2 is 1.94 bits per heavy atom. The van der Waals surface area contributed by atoms with Gasteiger partial charge in [-0.05, 0) is 44.9 Å². The van der Waals surface area contributed by atoms with Crippen LogP contribution in [0.4, 0.5) is 10.1 Å². The minimum Gasteiger partial charge on any atom is -0.369 e. The largest absolute Gasteiger partial charge is 0.369 e. The third-order valence-corrected chi connectivity index (χ3v) is 3.59. The van der Waals surface area contributed by atoms with Crippen LogP contribution in [0.1, 0.15) is 37.8 Å². The van der Waals surface area contributed by atoms with Crippen molar-refractivity contribution in [3.8, 4) is 0 Å². The number of hydrogen-bond acceptors (Lipinski definition) is 2. The Kier molecular flexibility index (Phi) is 4.00. The molecular formula is C14H21FN2. The monoisotopic (exact) mass is 236 g/mol. The van der Waals surface area contributed by atoms with Crippen molar-refractivity contribution in [2.24, 2.45) is 0 Å². The summed E-state index contributed by atoms with van der Waals surface area (Å²) in [6.45, 7) is 4.02. The number of hydrogen-bond donors (Lipinski definition) is 1. The molecule has 1 aromatic carbocycles. The molecule has 0 spiro atoms. The van der Waals surface area contributed by atoms with Gasteiger partial charge >= 0.3 is 0 Å². The van der Waals surface area contributed by atoms with Crippen molar-refractivity contribution in [1.29, 1.82) is 0 Å². The van der Waals surface area contributed by atoms with Crippen molar-refractivity contribution in [3.63, 3.8) is 0 Å². The van der Waals surface area contributed by atoms with E-state index in [4.69, 9.17) is 0 Å². The van der Waals surface area contributed by atoms with Gasteiger partial charge in [0.1, 0.15) is 5.82 Å². The SMILES string of the molecule is CNC(C)c1cccc(F)c1N1CCCCC1. The molecule has 0 bridgehead atoms. The van der Waals surface area contributed by atoms with E-state index in [0.717, 1.165) is 24.3 Å². The van der Waals surface area contributed by atoms with Gasteiger partial charge in [-0.3, -0.25) is 0 Å². The topological polar surface area (TPSA) is 15.3 Å². The summed E-state index contributed by atoms with van der Waals surface area (Å²) in [6.07, 6.45) is 3.60. The molecule has 1 aliphatic rings. The first-order chi connectivity index (χ1) is 8.24. The summed E-state index contributed by atoms with van der Waals surface area (Å²) in [5.74, 6) is -0.0912. The molecule has 17 heavy (non-hydrogen) atoms. The van der Waals surface area contributed by atoms with Crippen molar-refractivity contribution in [2.45, 2.75) is 32.2 Å². The van der Waals surface area contributed by atoms with Gasteiger partial charge in [0.25, 0.3) is 0 Å². The summed E-state index contributed by atoms with van der Waals surface area (Å²) >= 11 is 0. The Hall–Kier alpha value is -1.09. The average Bonchev–Trinajstić information content (AvgIpc) is 2.38. The molecule has 3 heteroatoms. The van der Waals surface area contributed by atoms with E-state index in [0.29, 0.717) is 0 Å². The van der Waals surface area contributed by atoms with Crippen molar-refractivity contribution in [2.75, 3.05) is 25.0 Å². The first kappa shape index (κ1) is 12.4. The van der Waals surface area contributed by atoms with Crippen molar-refractivity contribution < 1.29 is 4.39 Å². The summed E-state index contributed by atoms with van der Waals surface area (Å²) in [5, 5.41) is 3.19. The van der Waals surface area contributed by atoms with E-state index in [9.17, 15) is 4.39 Å². The molecule has 0 aliphatic carbocycles. The molecule has 2 rings (SSSR count).